The van der Waals surface area contributed by atoms with E-state index in [4.69, 9.17) is 9.47 Å². The van der Waals surface area contributed by atoms with Gasteiger partial charge < -0.3 is 9.47 Å². The topological polar surface area (TPSA) is 21.7 Å². The molecular weight excluding hydrogens is 318 g/mol. The zero-order valence-electron chi connectivity index (χ0n) is 11.6. The summed E-state index contributed by atoms with van der Waals surface area (Å²) in [7, 11) is 0. The first-order valence-corrected chi connectivity index (χ1v) is 8.32. The molecular formula is C16H20BrNO2. The molecule has 4 heteroatoms. The molecule has 1 aromatic rings. The number of hydrogen-bond donors (Lipinski definition) is 0. The van der Waals surface area contributed by atoms with Crippen molar-refractivity contribution in [3.63, 3.8) is 0 Å². The van der Waals surface area contributed by atoms with Crippen molar-refractivity contribution in [3.05, 3.63) is 33.8 Å². The van der Waals surface area contributed by atoms with Gasteiger partial charge in [0, 0.05) is 4.47 Å². The van der Waals surface area contributed by atoms with Crippen LogP contribution in [0.4, 0.5) is 0 Å². The molecule has 0 aromatic heterocycles. The summed E-state index contributed by atoms with van der Waals surface area (Å²) in [5, 5.41) is 0. The number of likely N-dealkylation sites (tertiary alicyclic amines) is 1. The van der Waals surface area contributed by atoms with Crippen molar-refractivity contribution in [2.24, 2.45) is 5.92 Å². The van der Waals surface area contributed by atoms with Gasteiger partial charge in [-0.05, 0) is 55.1 Å². The van der Waals surface area contributed by atoms with Crippen molar-refractivity contribution < 1.29 is 9.47 Å². The molecule has 3 aliphatic heterocycles. The fraction of sp³-hybridized carbons (Fsp3) is 0.625. The van der Waals surface area contributed by atoms with Gasteiger partial charge in [-0.25, -0.2) is 0 Å². The fourth-order valence-electron chi connectivity index (χ4n) is 3.64. The second kappa shape index (κ2) is 5.41. The second-order valence-electron chi connectivity index (χ2n) is 6.14. The molecule has 108 valence electrons. The summed E-state index contributed by atoms with van der Waals surface area (Å²) in [6, 6.07) is 7.24. The van der Waals surface area contributed by atoms with Crippen LogP contribution in [0.15, 0.2) is 22.7 Å². The normalized spacial score (nSPS) is 28.4. The van der Waals surface area contributed by atoms with Crippen molar-refractivity contribution >= 4 is 15.9 Å². The Morgan fingerprint density at radius 3 is 2.65 bits per heavy atom. The summed E-state index contributed by atoms with van der Waals surface area (Å²) in [5.41, 5.74) is 2.78. The predicted molar refractivity (Wildman–Crippen MR) is 80.6 cm³/mol. The highest BCUT2D eigenvalue weighted by Crippen LogP contribution is 2.41. The summed E-state index contributed by atoms with van der Waals surface area (Å²) in [6.45, 7) is 5.04. The Kier molecular flexibility index (Phi) is 3.59. The van der Waals surface area contributed by atoms with Gasteiger partial charge in [0.05, 0.1) is 32.0 Å². The summed E-state index contributed by atoms with van der Waals surface area (Å²) >= 11 is 3.58. The minimum absolute atomic E-state index is 0.308. The van der Waals surface area contributed by atoms with Crippen molar-refractivity contribution in [2.75, 3.05) is 26.3 Å². The molecule has 2 fully saturated rings. The van der Waals surface area contributed by atoms with Gasteiger partial charge in [-0.3, -0.25) is 4.90 Å². The van der Waals surface area contributed by atoms with Gasteiger partial charge in [0.1, 0.15) is 0 Å². The Balaban J connectivity index is 1.44. The van der Waals surface area contributed by atoms with Crippen molar-refractivity contribution in [2.45, 2.75) is 31.6 Å². The minimum Gasteiger partial charge on any atom is -0.378 e. The van der Waals surface area contributed by atoms with Gasteiger partial charge in [0.25, 0.3) is 0 Å². The molecule has 2 saturated heterocycles. The third kappa shape index (κ3) is 2.33. The Bertz CT molecular complexity index is 495. The molecule has 1 atom stereocenters. The van der Waals surface area contributed by atoms with Crippen LogP contribution in [0.2, 0.25) is 0 Å². The van der Waals surface area contributed by atoms with E-state index < -0.39 is 0 Å². The minimum atomic E-state index is 0.308. The van der Waals surface area contributed by atoms with E-state index in [1.807, 2.05) is 0 Å². The largest absolute Gasteiger partial charge is 0.378 e. The zero-order valence-corrected chi connectivity index (χ0v) is 13.1. The smallest absolute Gasteiger partial charge is 0.0862 e. The SMILES string of the molecule is Brc1ccc2c(c1)C(C1CCN(C3COC3)CC1)OC2. The molecule has 0 amide bonds. The van der Waals surface area contributed by atoms with Crippen LogP contribution >= 0.6 is 15.9 Å². The van der Waals surface area contributed by atoms with Gasteiger partial charge in [-0.15, -0.1) is 0 Å². The maximum atomic E-state index is 6.09. The molecule has 1 unspecified atom stereocenters. The van der Waals surface area contributed by atoms with Crippen LogP contribution in [0.1, 0.15) is 30.1 Å². The summed E-state index contributed by atoms with van der Waals surface area (Å²) in [6.07, 6.45) is 2.79. The van der Waals surface area contributed by atoms with E-state index in [9.17, 15) is 0 Å². The van der Waals surface area contributed by atoms with E-state index in [2.05, 4.69) is 39.0 Å². The van der Waals surface area contributed by atoms with Gasteiger partial charge in [0.2, 0.25) is 0 Å². The molecule has 0 bridgehead atoms. The molecule has 0 radical (unpaired) electrons. The van der Waals surface area contributed by atoms with Crippen LogP contribution in [0.3, 0.4) is 0 Å². The Morgan fingerprint density at radius 2 is 1.95 bits per heavy atom. The average Bonchev–Trinajstić information content (AvgIpc) is 2.80. The van der Waals surface area contributed by atoms with Crippen LogP contribution < -0.4 is 0 Å². The molecule has 0 N–H and O–H groups in total. The number of nitrogens with zero attached hydrogens (tertiary/aromatic N) is 1. The fourth-order valence-corrected chi connectivity index (χ4v) is 4.02. The molecule has 20 heavy (non-hydrogen) atoms. The number of fused-ring (bicyclic) bond motifs is 1. The highest BCUT2D eigenvalue weighted by molar-refractivity contribution is 9.10. The lowest BCUT2D eigenvalue weighted by molar-refractivity contribution is -0.0831. The zero-order chi connectivity index (χ0) is 13.5. The van der Waals surface area contributed by atoms with Gasteiger partial charge in [-0.1, -0.05) is 22.0 Å². The standard InChI is InChI=1S/C16H20BrNO2/c17-13-2-1-12-8-20-16(15(12)7-13)11-3-5-18(6-4-11)14-9-19-10-14/h1-2,7,11,14,16H,3-6,8-10H2. The third-order valence-electron chi connectivity index (χ3n) is 4.97. The van der Waals surface area contributed by atoms with Crippen LogP contribution in [0.25, 0.3) is 0 Å². The van der Waals surface area contributed by atoms with E-state index in [0.717, 1.165) is 24.3 Å². The Hall–Kier alpha value is -0.420. The number of halogens is 1. The van der Waals surface area contributed by atoms with E-state index in [1.165, 1.54) is 37.1 Å². The lowest BCUT2D eigenvalue weighted by Crippen LogP contribution is -2.52. The Labute approximate surface area is 128 Å². The molecule has 0 aliphatic carbocycles. The average molecular weight is 338 g/mol. The number of rotatable bonds is 2. The first-order chi connectivity index (χ1) is 9.81. The highest BCUT2D eigenvalue weighted by Gasteiger charge is 2.36. The third-order valence-corrected chi connectivity index (χ3v) is 5.47. The van der Waals surface area contributed by atoms with Crippen LogP contribution in [0, 0.1) is 5.92 Å². The van der Waals surface area contributed by atoms with Crippen LogP contribution in [-0.2, 0) is 16.1 Å². The Morgan fingerprint density at radius 1 is 1.15 bits per heavy atom. The van der Waals surface area contributed by atoms with Crippen molar-refractivity contribution in [3.8, 4) is 0 Å². The van der Waals surface area contributed by atoms with Crippen LogP contribution in [-0.4, -0.2) is 37.2 Å². The van der Waals surface area contributed by atoms with Gasteiger partial charge in [-0.2, -0.15) is 0 Å². The van der Waals surface area contributed by atoms with Crippen LogP contribution in [0.5, 0.6) is 0 Å². The lowest BCUT2D eigenvalue weighted by Gasteiger charge is -2.42. The number of hydrogen-bond acceptors (Lipinski definition) is 3. The number of ether oxygens (including phenoxy) is 2. The number of piperidine rings is 1. The van der Waals surface area contributed by atoms with Crippen molar-refractivity contribution in [1.82, 2.24) is 4.90 Å². The molecule has 3 nitrogen and oxygen atoms in total. The summed E-state index contributed by atoms with van der Waals surface area (Å²) < 4.78 is 12.6. The molecule has 0 saturated carbocycles. The maximum absolute atomic E-state index is 6.09. The van der Waals surface area contributed by atoms with E-state index >= 15 is 0 Å². The molecule has 4 rings (SSSR count). The molecule has 1 aromatic carbocycles. The summed E-state index contributed by atoms with van der Waals surface area (Å²) in [4.78, 5) is 2.59. The molecule has 3 heterocycles. The predicted octanol–water partition coefficient (Wildman–Crippen LogP) is 3.13. The quantitative estimate of drug-likeness (QED) is 0.827. The van der Waals surface area contributed by atoms with E-state index in [0.29, 0.717) is 18.1 Å². The lowest BCUT2D eigenvalue weighted by atomic mass is 9.86. The van der Waals surface area contributed by atoms with Crippen molar-refractivity contribution in [1.29, 1.82) is 0 Å². The monoisotopic (exact) mass is 337 g/mol. The second-order valence-corrected chi connectivity index (χ2v) is 7.06. The van der Waals surface area contributed by atoms with E-state index in [1.54, 1.807) is 0 Å². The maximum Gasteiger partial charge on any atom is 0.0862 e. The van der Waals surface area contributed by atoms with E-state index in [-0.39, 0.29) is 0 Å². The number of benzene rings is 1. The highest BCUT2D eigenvalue weighted by atomic mass is 79.9. The van der Waals surface area contributed by atoms with Gasteiger partial charge >= 0.3 is 0 Å². The first kappa shape index (κ1) is 13.3. The van der Waals surface area contributed by atoms with Gasteiger partial charge in [0.15, 0.2) is 0 Å². The molecule has 3 aliphatic rings. The molecule has 0 spiro atoms. The summed E-state index contributed by atoms with van der Waals surface area (Å²) in [5.74, 6) is 0.669. The first-order valence-electron chi connectivity index (χ1n) is 7.53.